The van der Waals surface area contributed by atoms with Crippen LogP contribution < -0.4 is 0 Å². The lowest BCUT2D eigenvalue weighted by molar-refractivity contribution is -0.140. The summed E-state index contributed by atoms with van der Waals surface area (Å²) in [6.45, 7) is 1.89. The largest absolute Gasteiger partial charge is 0.343 e. The van der Waals surface area contributed by atoms with Gasteiger partial charge in [-0.2, -0.15) is 0 Å². The van der Waals surface area contributed by atoms with Crippen molar-refractivity contribution in [1.29, 1.82) is 0 Å². The molecule has 1 saturated heterocycles. The van der Waals surface area contributed by atoms with Crippen LogP contribution in [-0.4, -0.2) is 29.8 Å². The number of nitrogens with zero attached hydrogens (tertiary/aromatic N) is 1. The summed E-state index contributed by atoms with van der Waals surface area (Å²) in [4.78, 5) is 14.9. The average Bonchev–Trinajstić information content (AvgIpc) is 2.45. The Hall–Kier alpha value is -0.240. The predicted octanol–water partition coefficient (Wildman–Crippen LogP) is 4.07. The lowest BCUT2D eigenvalue weighted by atomic mass is 9.49. The van der Waals surface area contributed by atoms with E-state index in [4.69, 9.17) is 11.6 Å². The summed E-state index contributed by atoms with van der Waals surface area (Å²) in [6, 6.07) is 0. The molecule has 1 amide bonds. The summed E-state index contributed by atoms with van der Waals surface area (Å²) in [6.07, 6.45) is 11.5. The maximum atomic E-state index is 12.8. The first-order valence-corrected chi connectivity index (χ1v) is 9.53. The first-order chi connectivity index (χ1) is 10.2. The molecule has 5 fully saturated rings. The van der Waals surface area contributed by atoms with Crippen LogP contribution in [0.3, 0.4) is 0 Å². The zero-order valence-electron chi connectivity index (χ0n) is 13.0. The van der Waals surface area contributed by atoms with E-state index < -0.39 is 0 Å². The molecule has 1 aliphatic heterocycles. The number of rotatable bonds is 3. The standard InChI is InChI=1S/C18H28ClNO/c19-12-13-1-3-20(4-2-13)17(21)11-18-8-14-5-15(9-18)7-16(6-14)10-18/h13-16H,1-12H2. The number of alkyl halides is 1. The molecule has 4 aliphatic carbocycles. The van der Waals surface area contributed by atoms with Crippen LogP contribution in [-0.2, 0) is 4.79 Å². The third kappa shape index (κ3) is 2.73. The van der Waals surface area contributed by atoms with E-state index in [1.807, 2.05) is 0 Å². The molecule has 1 heterocycles. The van der Waals surface area contributed by atoms with Crippen molar-refractivity contribution in [2.45, 2.75) is 57.8 Å². The summed E-state index contributed by atoms with van der Waals surface area (Å²) >= 11 is 5.95. The molecule has 5 aliphatic rings. The van der Waals surface area contributed by atoms with Crippen LogP contribution in [0.2, 0.25) is 0 Å². The molecule has 0 aromatic carbocycles. The number of hydrogen-bond donors (Lipinski definition) is 0. The van der Waals surface area contributed by atoms with Gasteiger partial charge in [-0.25, -0.2) is 0 Å². The van der Waals surface area contributed by atoms with Gasteiger partial charge in [0.1, 0.15) is 0 Å². The van der Waals surface area contributed by atoms with Gasteiger partial charge in [-0.05, 0) is 80.5 Å². The Kier molecular flexibility index (Phi) is 3.72. The molecular weight excluding hydrogens is 282 g/mol. The molecule has 5 rings (SSSR count). The number of likely N-dealkylation sites (tertiary alicyclic amines) is 1. The maximum absolute atomic E-state index is 12.8. The zero-order chi connectivity index (χ0) is 14.4. The van der Waals surface area contributed by atoms with E-state index in [-0.39, 0.29) is 0 Å². The molecule has 0 unspecified atom stereocenters. The Morgan fingerprint density at radius 3 is 2.00 bits per heavy atom. The maximum Gasteiger partial charge on any atom is 0.223 e. The van der Waals surface area contributed by atoms with Crippen LogP contribution in [0.15, 0.2) is 0 Å². The van der Waals surface area contributed by atoms with Gasteiger partial charge in [0, 0.05) is 25.4 Å². The molecule has 118 valence electrons. The first-order valence-electron chi connectivity index (χ1n) is 8.99. The van der Waals surface area contributed by atoms with Gasteiger partial charge in [0.15, 0.2) is 0 Å². The van der Waals surface area contributed by atoms with Crippen LogP contribution >= 0.6 is 11.6 Å². The molecule has 0 radical (unpaired) electrons. The quantitative estimate of drug-likeness (QED) is 0.720. The number of amides is 1. The van der Waals surface area contributed by atoms with E-state index in [0.29, 0.717) is 17.2 Å². The minimum absolute atomic E-state index is 0.398. The second kappa shape index (κ2) is 5.44. The monoisotopic (exact) mass is 309 g/mol. The lowest BCUT2D eigenvalue weighted by Crippen LogP contribution is -2.49. The van der Waals surface area contributed by atoms with E-state index in [1.165, 1.54) is 38.5 Å². The molecule has 3 heteroatoms. The van der Waals surface area contributed by atoms with Crippen LogP contribution in [0.4, 0.5) is 0 Å². The number of halogens is 1. The minimum Gasteiger partial charge on any atom is -0.343 e. The van der Waals surface area contributed by atoms with Gasteiger partial charge in [-0.1, -0.05) is 0 Å². The highest BCUT2D eigenvalue weighted by molar-refractivity contribution is 6.18. The Labute approximate surface area is 133 Å². The third-order valence-electron chi connectivity index (χ3n) is 6.88. The Morgan fingerprint density at radius 2 is 1.52 bits per heavy atom. The second-order valence-electron chi connectivity index (χ2n) is 8.57. The van der Waals surface area contributed by atoms with E-state index in [0.717, 1.165) is 56.0 Å². The number of carbonyl (C=O) groups excluding carboxylic acids is 1. The topological polar surface area (TPSA) is 20.3 Å². The third-order valence-corrected chi connectivity index (χ3v) is 7.31. The van der Waals surface area contributed by atoms with Gasteiger partial charge >= 0.3 is 0 Å². The summed E-state index contributed by atoms with van der Waals surface area (Å²) in [5.74, 6) is 4.69. The van der Waals surface area contributed by atoms with Crippen LogP contribution in [0.25, 0.3) is 0 Å². The lowest BCUT2D eigenvalue weighted by Gasteiger charge is -2.57. The summed E-state index contributed by atoms with van der Waals surface area (Å²) in [7, 11) is 0. The van der Waals surface area contributed by atoms with Crippen molar-refractivity contribution >= 4 is 17.5 Å². The molecule has 2 nitrogen and oxygen atoms in total. The molecule has 0 N–H and O–H groups in total. The van der Waals surface area contributed by atoms with Gasteiger partial charge in [0.05, 0.1) is 0 Å². The molecule has 0 aromatic rings. The van der Waals surface area contributed by atoms with Crippen molar-refractivity contribution in [3.05, 3.63) is 0 Å². The number of piperidine rings is 1. The Morgan fingerprint density at radius 1 is 1.00 bits per heavy atom. The van der Waals surface area contributed by atoms with Gasteiger partial charge in [-0.15, -0.1) is 11.6 Å². The molecule has 0 aromatic heterocycles. The zero-order valence-corrected chi connectivity index (χ0v) is 13.8. The Balaban J connectivity index is 1.38. The smallest absolute Gasteiger partial charge is 0.223 e. The van der Waals surface area contributed by atoms with Crippen molar-refractivity contribution in [3.8, 4) is 0 Å². The molecule has 4 bridgehead atoms. The van der Waals surface area contributed by atoms with Crippen LogP contribution in [0.1, 0.15) is 57.8 Å². The second-order valence-corrected chi connectivity index (χ2v) is 8.88. The average molecular weight is 310 g/mol. The first kappa shape index (κ1) is 14.4. The highest BCUT2D eigenvalue weighted by Gasteiger charge is 2.51. The molecule has 21 heavy (non-hydrogen) atoms. The fraction of sp³-hybridized carbons (Fsp3) is 0.944. The van der Waals surface area contributed by atoms with Gasteiger partial charge < -0.3 is 4.90 Å². The van der Waals surface area contributed by atoms with Crippen molar-refractivity contribution in [2.24, 2.45) is 29.1 Å². The van der Waals surface area contributed by atoms with Crippen molar-refractivity contribution in [3.63, 3.8) is 0 Å². The van der Waals surface area contributed by atoms with Crippen molar-refractivity contribution in [2.75, 3.05) is 19.0 Å². The molecule has 0 atom stereocenters. The fourth-order valence-corrected chi connectivity index (χ4v) is 6.58. The predicted molar refractivity (Wildman–Crippen MR) is 85.2 cm³/mol. The van der Waals surface area contributed by atoms with Crippen LogP contribution in [0, 0.1) is 29.1 Å². The SMILES string of the molecule is O=C(CC12CC3CC(CC(C3)C1)C2)N1CCC(CCl)CC1. The van der Waals surface area contributed by atoms with Crippen LogP contribution in [0.5, 0.6) is 0 Å². The van der Waals surface area contributed by atoms with E-state index >= 15 is 0 Å². The normalized spacial score (nSPS) is 42.5. The number of hydrogen-bond acceptors (Lipinski definition) is 1. The summed E-state index contributed by atoms with van der Waals surface area (Å²) in [5, 5.41) is 0. The number of carbonyl (C=O) groups is 1. The van der Waals surface area contributed by atoms with E-state index in [9.17, 15) is 4.79 Å². The highest BCUT2D eigenvalue weighted by Crippen LogP contribution is 2.61. The fourth-order valence-electron chi connectivity index (χ4n) is 6.28. The molecule has 0 spiro atoms. The highest BCUT2D eigenvalue weighted by atomic mass is 35.5. The minimum atomic E-state index is 0.398. The van der Waals surface area contributed by atoms with E-state index in [1.54, 1.807) is 0 Å². The van der Waals surface area contributed by atoms with Gasteiger partial charge in [0.2, 0.25) is 5.91 Å². The summed E-state index contributed by atoms with van der Waals surface area (Å²) < 4.78 is 0. The molecule has 4 saturated carbocycles. The van der Waals surface area contributed by atoms with Crippen molar-refractivity contribution in [1.82, 2.24) is 4.90 Å². The van der Waals surface area contributed by atoms with E-state index in [2.05, 4.69) is 4.90 Å². The van der Waals surface area contributed by atoms with Gasteiger partial charge in [0.25, 0.3) is 0 Å². The van der Waals surface area contributed by atoms with Crippen molar-refractivity contribution < 1.29 is 4.79 Å². The van der Waals surface area contributed by atoms with Gasteiger partial charge in [-0.3, -0.25) is 4.79 Å². The summed E-state index contributed by atoms with van der Waals surface area (Å²) in [5.41, 5.74) is 0.398. The molecular formula is C18H28ClNO. The Bertz CT molecular complexity index is 378.